The van der Waals surface area contributed by atoms with Gasteiger partial charge in [-0.15, -0.1) is 0 Å². The Balaban J connectivity index is 2.20. The standard InChI is InChI=1S/C15H16N2O4S/c1-10-3-8-13(14(18)9-10)17-15(19)11-4-6-12(7-5-11)22(20,21)16-2/h3-9,16,18H,1-2H3,(H,17,19). The number of carbonyl (C=O) groups excluding carboxylic acids is 1. The Morgan fingerprint density at radius 3 is 2.27 bits per heavy atom. The average Bonchev–Trinajstić information content (AvgIpc) is 2.50. The maximum absolute atomic E-state index is 12.1. The average molecular weight is 320 g/mol. The fourth-order valence-corrected chi connectivity index (χ4v) is 2.58. The molecule has 1 amide bonds. The summed E-state index contributed by atoms with van der Waals surface area (Å²) in [5.74, 6) is -0.463. The van der Waals surface area contributed by atoms with Gasteiger partial charge in [0, 0.05) is 5.56 Å². The third kappa shape index (κ3) is 3.44. The molecule has 116 valence electrons. The number of nitrogens with one attached hydrogen (secondary N) is 2. The van der Waals surface area contributed by atoms with Crippen LogP contribution in [0.2, 0.25) is 0 Å². The summed E-state index contributed by atoms with van der Waals surface area (Å²) in [5.41, 5.74) is 1.45. The van der Waals surface area contributed by atoms with Crippen molar-refractivity contribution in [2.24, 2.45) is 0 Å². The van der Waals surface area contributed by atoms with Crippen LogP contribution >= 0.6 is 0 Å². The van der Waals surface area contributed by atoms with Gasteiger partial charge in [0.15, 0.2) is 0 Å². The maximum atomic E-state index is 12.1. The fraction of sp³-hybridized carbons (Fsp3) is 0.133. The van der Waals surface area contributed by atoms with Crippen molar-refractivity contribution in [2.75, 3.05) is 12.4 Å². The van der Waals surface area contributed by atoms with Gasteiger partial charge in [-0.25, -0.2) is 13.1 Å². The number of hydrogen-bond donors (Lipinski definition) is 3. The van der Waals surface area contributed by atoms with Crippen LogP contribution in [-0.4, -0.2) is 26.5 Å². The predicted molar refractivity (Wildman–Crippen MR) is 83.5 cm³/mol. The molecule has 0 heterocycles. The van der Waals surface area contributed by atoms with Gasteiger partial charge in [-0.1, -0.05) is 6.07 Å². The number of carbonyl (C=O) groups is 1. The van der Waals surface area contributed by atoms with E-state index in [1.807, 2.05) is 6.92 Å². The quantitative estimate of drug-likeness (QED) is 0.749. The monoisotopic (exact) mass is 320 g/mol. The number of amides is 1. The van der Waals surface area contributed by atoms with Crippen molar-refractivity contribution in [3.8, 4) is 5.75 Å². The second-order valence-electron chi connectivity index (χ2n) is 4.71. The summed E-state index contributed by atoms with van der Waals surface area (Å²) in [6, 6.07) is 10.4. The van der Waals surface area contributed by atoms with E-state index in [9.17, 15) is 18.3 Å². The van der Waals surface area contributed by atoms with E-state index < -0.39 is 15.9 Å². The minimum Gasteiger partial charge on any atom is -0.506 e. The molecule has 0 aliphatic heterocycles. The van der Waals surface area contributed by atoms with Crippen molar-refractivity contribution >= 4 is 21.6 Å². The van der Waals surface area contributed by atoms with Gasteiger partial charge in [0.25, 0.3) is 5.91 Å². The van der Waals surface area contributed by atoms with E-state index in [-0.39, 0.29) is 16.2 Å². The molecule has 3 N–H and O–H groups in total. The van der Waals surface area contributed by atoms with Crippen molar-refractivity contribution in [2.45, 2.75) is 11.8 Å². The van der Waals surface area contributed by atoms with E-state index in [1.165, 1.54) is 37.4 Å². The Morgan fingerprint density at radius 1 is 1.09 bits per heavy atom. The highest BCUT2D eigenvalue weighted by atomic mass is 32.2. The molecule has 22 heavy (non-hydrogen) atoms. The molecule has 0 aromatic heterocycles. The molecule has 0 fully saturated rings. The molecule has 2 aromatic carbocycles. The Bertz CT molecular complexity index is 799. The van der Waals surface area contributed by atoms with Crippen LogP contribution < -0.4 is 10.0 Å². The van der Waals surface area contributed by atoms with Crippen LogP contribution in [0, 0.1) is 6.92 Å². The molecular weight excluding hydrogens is 304 g/mol. The number of hydrogen-bond acceptors (Lipinski definition) is 4. The first kappa shape index (κ1) is 16.0. The maximum Gasteiger partial charge on any atom is 0.255 e. The van der Waals surface area contributed by atoms with Crippen molar-refractivity contribution < 1.29 is 18.3 Å². The first-order chi connectivity index (χ1) is 10.3. The molecule has 0 spiro atoms. The number of rotatable bonds is 4. The predicted octanol–water partition coefficient (Wildman–Crippen LogP) is 1.86. The molecule has 2 aromatic rings. The van der Waals surface area contributed by atoms with Crippen LogP contribution in [0.15, 0.2) is 47.4 Å². The van der Waals surface area contributed by atoms with Crippen molar-refractivity contribution in [3.63, 3.8) is 0 Å². The summed E-state index contributed by atoms with van der Waals surface area (Å²) in [7, 11) is -2.22. The molecule has 0 aliphatic carbocycles. The van der Waals surface area contributed by atoms with Gasteiger partial charge in [-0.05, 0) is 55.9 Å². The topological polar surface area (TPSA) is 95.5 Å². The molecule has 7 heteroatoms. The molecule has 0 radical (unpaired) electrons. The highest BCUT2D eigenvalue weighted by Crippen LogP contribution is 2.24. The number of anilines is 1. The lowest BCUT2D eigenvalue weighted by Gasteiger charge is -2.08. The number of aromatic hydroxyl groups is 1. The lowest BCUT2D eigenvalue weighted by atomic mass is 10.2. The van der Waals surface area contributed by atoms with Crippen LogP contribution in [-0.2, 0) is 10.0 Å². The summed E-state index contributed by atoms with van der Waals surface area (Å²) in [5, 5.41) is 12.3. The zero-order valence-corrected chi connectivity index (χ0v) is 12.9. The molecular formula is C15H16N2O4S. The third-order valence-electron chi connectivity index (χ3n) is 3.10. The Morgan fingerprint density at radius 2 is 1.73 bits per heavy atom. The SMILES string of the molecule is CNS(=O)(=O)c1ccc(C(=O)Nc2ccc(C)cc2O)cc1. The summed E-state index contributed by atoms with van der Waals surface area (Å²) in [4.78, 5) is 12.2. The van der Waals surface area contributed by atoms with Crippen LogP contribution in [0.3, 0.4) is 0 Å². The number of sulfonamides is 1. The molecule has 0 unspecified atom stereocenters. The summed E-state index contributed by atoms with van der Waals surface area (Å²) in [6.45, 7) is 1.83. The van der Waals surface area contributed by atoms with E-state index >= 15 is 0 Å². The molecule has 0 aliphatic rings. The largest absolute Gasteiger partial charge is 0.506 e. The molecule has 0 saturated heterocycles. The summed E-state index contributed by atoms with van der Waals surface area (Å²) in [6.07, 6.45) is 0. The smallest absolute Gasteiger partial charge is 0.255 e. The van der Waals surface area contributed by atoms with Gasteiger partial charge in [-0.2, -0.15) is 0 Å². The lowest BCUT2D eigenvalue weighted by molar-refractivity contribution is 0.102. The van der Waals surface area contributed by atoms with E-state index in [0.29, 0.717) is 5.69 Å². The van der Waals surface area contributed by atoms with Crippen molar-refractivity contribution in [1.82, 2.24) is 4.72 Å². The number of phenolic OH excluding ortho intramolecular Hbond substituents is 1. The third-order valence-corrected chi connectivity index (χ3v) is 4.53. The number of phenols is 1. The van der Waals surface area contributed by atoms with Gasteiger partial charge in [0.05, 0.1) is 10.6 Å². The van der Waals surface area contributed by atoms with E-state index in [0.717, 1.165) is 5.56 Å². The molecule has 0 bridgehead atoms. The first-order valence-corrected chi connectivity index (χ1v) is 7.96. The van der Waals surface area contributed by atoms with E-state index in [4.69, 9.17) is 0 Å². The second kappa shape index (κ2) is 6.17. The minimum atomic E-state index is -3.53. The van der Waals surface area contributed by atoms with Gasteiger partial charge in [0.2, 0.25) is 10.0 Å². The highest BCUT2D eigenvalue weighted by molar-refractivity contribution is 7.89. The summed E-state index contributed by atoms with van der Waals surface area (Å²) >= 11 is 0. The number of aryl methyl sites for hydroxylation is 1. The van der Waals surface area contributed by atoms with Gasteiger partial charge in [-0.3, -0.25) is 4.79 Å². The zero-order chi connectivity index (χ0) is 16.3. The van der Waals surface area contributed by atoms with Gasteiger partial charge < -0.3 is 10.4 Å². The number of benzene rings is 2. The Labute approximate surface area is 128 Å². The molecule has 6 nitrogen and oxygen atoms in total. The van der Waals surface area contributed by atoms with Crippen LogP contribution in [0.1, 0.15) is 15.9 Å². The fourth-order valence-electron chi connectivity index (χ4n) is 1.85. The van der Waals surface area contributed by atoms with Gasteiger partial charge in [0.1, 0.15) is 5.75 Å². The van der Waals surface area contributed by atoms with Crippen LogP contribution in [0.5, 0.6) is 5.75 Å². The second-order valence-corrected chi connectivity index (χ2v) is 6.59. The van der Waals surface area contributed by atoms with E-state index in [2.05, 4.69) is 10.0 Å². The molecule has 2 rings (SSSR count). The van der Waals surface area contributed by atoms with Crippen LogP contribution in [0.25, 0.3) is 0 Å². The van der Waals surface area contributed by atoms with Gasteiger partial charge >= 0.3 is 0 Å². The normalized spacial score (nSPS) is 11.2. The Hall–Kier alpha value is -2.38. The lowest BCUT2D eigenvalue weighted by Crippen LogP contribution is -2.19. The highest BCUT2D eigenvalue weighted by Gasteiger charge is 2.13. The Kier molecular flexibility index (Phi) is 4.48. The molecule has 0 atom stereocenters. The van der Waals surface area contributed by atoms with Crippen molar-refractivity contribution in [1.29, 1.82) is 0 Å². The van der Waals surface area contributed by atoms with E-state index in [1.54, 1.807) is 12.1 Å². The summed E-state index contributed by atoms with van der Waals surface area (Å²) < 4.78 is 25.4. The zero-order valence-electron chi connectivity index (χ0n) is 12.1. The van der Waals surface area contributed by atoms with Crippen LogP contribution in [0.4, 0.5) is 5.69 Å². The molecule has 0 saturated carbocycles. The van der Waals surface area contributed by atoms with Crippen molar-refractivity contribution in [3.05, 3.63) is 53.6 Å². The first-order valence-electron chi connectivity index (χ1n) is 6.48. The minimum absolute atomic E-state index is 0.0252.